The van der Waals surface area contributed by atoms with Crippen LogP contribution in [0.25, 0.3) is 22.3 Å². The molecule has 4 nitrogen and oxygen atoms in total. The highest BCUT2D eigenvalue weighted by molar-refractivity contribution is 6.52. The summed E-state index contributed by atoms with van der Waals surface area (Å²) in [6.07, 6.45) is 0. The number of hydrogen-bond donors (Lipinski definition) is 1. The van der Waals surface area contributed by atoms with Gasteiger partial charge in [0.05, 0.1) is 16.2 Å². The van der Waals surface area contributed by atoms with Crippen molar-refractivity contribution in [3.05, 3.63) is 90.0 Å². The number of rotatable bonds is 6. The van der Waals surface area contributed by atoms with E-state index >= 15 is 0 Å². The van der Waals surface area contributed by atoms with Crippen LogP contribution >= 0.6 is 11.6 Å². The van der Waals surface area contributed by atoms with Crippen LogP contribution in [0.5, 0.6) is 23.0 Å². The van der Waals surface area contributed by atoms with Gasteiger partial charge in [0.2, 0.25) is 0 Å². The third-order valence-corrected chi connectivity index (χ3v) is 7.29. The van der Waals surface area contributed by atoms with E-state index in [1.807, 2.05) is 98.8 Å². The average Bonchev–Trinajstić information content (AvgIpc) is 2.86. The van der Waals surface area contributed by atoms with Crippen LogP contribution in [0, 0.1) is 0 Å². The van der Waals surface area contributed by atoms with Crippen LogP contribution in [0.15, 0.2) is 84.9 Å². The molecule has 0 aliphatic carbocycles. The van der Waals surface area contributed by atoms with E-state index in [1.54, 1.807) is 13.8 Å². The number of halogens is 1. The molecule has 0 unspecified atom stereocenters. The van der Waals surface area contributed by atoms with Crippen molar-refractivity contribution in [2.24, 2.45) is 0 Å². The molecule has 4 aromatic carbocycles. The summed E-state index contributed by atoms with van der Waals surface area (Å²) in [5.41, 5.74) is 2.89. The smallest absolute Gasteiger partial charge is 0.310 e. The van der Waals surface area contributed by atoms with Crippen LogP contribution in [0.4, 0.5) is 0 Å². The summed E-state index contributed by atoms with van der Waals surface area (Å²) >= 11 is 7.11. The molecule has 0 atom stereocenters. The monoisotopic (exact) mass is 498 g/mol. The first-order valence-electron chi connectivity index (χ1n) is 12.0. The van der Waals surface area contributed by atoms with Gasteiger partial charge in [-0.25, -0.2) is 0 Å². The van der Waals surface area contributed by atoms with Gasteiger partial charge in [0, 0.05) is 5.56 Å². The fourth-order valence-corrected chi connectivity index (χ4v) is 4.41. The van der Waals surface area contributed by atoms with Gasteiger partial charge in [0.15, 0.2) is 23.0 Å². The second kappa shape index (κ2) is 9.32. The summed E-state index contributed by atoms with van der Waals surface area (Å²) in [6, 6.07) is 27.5. The molecule has 0 radical (unpaired) electrons. The largest absolute Gasteiger partial charge is 0.450 e. The van der Waals surface area contributed by atoms with Gasteiger partial charge in [-0.3, -0.25) is 0 Å². The SMILES string of the molecule is CC(C)(O)C(C)(C)OBc1ccc(-c2ccc3c(c2)Oc2ccccc2O3)c(Cl)c1-c1ccccc1. The summed E-state index contributed by atoms with van der Waals surface area (Å²) in [5, 5.41) is 11.2. The van der Waals surface area contributed by atoms with Crippen molar-refractivity contribution in [2.45, 2.75) is 38.9 Å². The quantitative estimate of drug-likeness (QED) is 0.253. The predicted molar refractivity (Wildman–Crippen MR) is 147 cm³/mol. The molecule has 0 aromatic heterocycles. The van der Waals surface area contributed by atoms with Crippen molar-refractivity contribution in [3.8, 4) is 45.3 Å². The number of hydrogen-bond acceptors (Lipinski definition) is 4. The molecule has 0 saturated heterocycles. The fraction of sp³-hybridized carbons (Fsp3) is 0.200. The lowest BCUT2D eigenvalue weighted by Gasteiger charge is -2.37. The van der Waals surface area contributed by atoms with E-state index in [0.29, 0.717) is 35.5 Å². The van der Waals surface area contributed by atoms with E-state index in [9.17, 15) is 5.11 Å². The highest BCUT2D eigenvalue weighted by Gasteiger charge is 2.36. The zero-order valence-electron chi connectivity index (χ0n) is 20.8. The Labute approximate surface area is 217 Å². The van der Waals surface area contributed by atoms with Gasteiger partial charge in [-0.05, 0) is 74.1 Å². The van der Waals surface area contributed by atoms with Gasteiger partial charge in [-0.15, -0.1) is 0 Å². The molecule has 1 N–H and O–H groups in total. The van der Waals surface area contributed by atoms with Crippen LogP contribution in [-0.4, -0.2) is 23.8 Å². The lowest BCUT2D eigenvalue weighted by molar-refractivity contribution is -0.0893. The standard InChI is InChI=1S/C30H28BClO4/c1-29(2,33)30(3,4)36-31-22-16-15-21(28(32)27(22)19-10-6-5-7-11-19)20-14-17-25-26(18-20)35-24-13-9-8-12-23(24)34-25/h5-18,31,33H,1-4H3. The van der Waals surface area contributed by atoms with Crippen molar-refractivity contribution >= 4 is 24.5 Å². The minimum absolute atomic E-state index is 0.305. The summed E-state index contributed by atoms with van der Waals surface area (Å²) in [4.78, 5) is 0. The van der Waals surface area contributed by atoms with Crippen molar-refractivity contribution < 1.29 is 19.2 Å². The topological polar surface area (TPSA) is 47.9 Å². The maximum Gasteiger partial charge on any atom is 0.310 e. The van der Waals surface area contributed by atoms with Gasteiger partial charge < -0.3 is 19.2 Å². The first-order valence-corrected chi connectivity index (χ1v) is 12.3. The minimum Gasteiger partial charge on any atom is -0.450 e. The van der Waals surface area contributed by atoms with Gasteiger partial charge in [-0.2, -0.15) is 0 Å². The zero-order chi connectivity index (χ0) is 25.5. The summed E-state index contributed by atoms with van der Waals surface area (Å²) in [5.74, 6) is 2.68. The zero-order valence-corrected chi connectivity index (χ0v) is 21.6. The number of ether oxygens (including phenoxy) is 2. The molecular formula is C30H28BClO4. The number of aliphatic hydroxyl groups is 1. The maximum atomic E-state index is 10.5. The van der Waals surface area contributed by atoms with Crippen LogP contribution in [0.1, 0.15) is 27.7 Å². The van der Waals surface area contributed by atoms with Crippen LogP contribution in [0.3, 0.4) is 0 Å². The Morgan fingerprint density at radius 3 is 2.00 bits per heavy atom. The van der Waals surface area contributed by atoms with Crippen LogP contribution < -0.4 is 14.9 Å². The first-order chi connectivity index (χ1) is 17.1. The molecule has 1 aliphatic heterocycles. The van der Waals surface area contributed by atoms with Gasteiger partial charge >= 0.3 is 7.48 Å². The first kappa shape index (κ1) is 24.4. The summed E-state index contributed by atoms with van der Waals surface area (Å²) in [6.45, 7) is 7.28. The number of para-hydroxylation sites is 2. The molecule has 182 valence electrons. The maximum absolute atomic E-state index is 10.5. The third kappa shape index (κ3) is 4.62. The second-order valence-electron chi connectivity index (χ2n) is 10.00. The highest BCUT2D eigenvalue weighted by Crippen LogP contribution is 2.47. The average molecular weight is 499 g/mol. The lowest BCUT2D eigenvalue weighted by atomic mass is 9.77. The van der Waals surface area contributed by atoms with Crippen LogP contribution in [0.2, 0.25) is 5.02 Å². The molecule has 4 aromatic rings. The van der Waals surface area contributed by atoms with Crippen LogP contribution in [-0.2, 0) is 4.65 Å². The molecule has 0 bridgehead atoms. The molecule has 6 heteroatoms. The van der Waals surface area contributed by atoms with Gasteiger partial charge in [0.1, 0.15) is 0 Å². The second-order valence-corrected chi connectivity index (χ2v) is 10.4. The van der Waals surface area contributed by atoms with Gasteiger partial charge in [0.25, 0.3) is 0 Å². The summed E-state index contributed by atoms with van der Waals surface area (Å²) < 4.78 is 18.3. The third-order valence-electron chi connectivity index (χ3n) is 6.90. The molecule has 36 heavy (non-hydrogen) atoms. The van der Waals surface area contributed by atoms with E-state index in [0.717, 1.165) is 27.7 Å². The highest BCUT2D eigenvalue weighted by atomic mass is 35.5. The summed E-state index contributed by atoms with van der Waals surface area (Å²) in [7, 11) is 0.305. The Kier molecular flexibility index (Phi) is 6.33. The lowest BCUT2D eigenvalue weighted by Crippen LogP contribution is -2.49. The number of benzene rings is 4. The van der Waals surface area contributed by atoms with Crippen molar-refractivity contribution in [1.82, 2.24) is 0 Å². The molecule has 1 aliphatic rings. The normalized spacial score (nSPS) is 12.7. The van der Waals surface area contributed by atoms with Crippen molar-refractivity contribution in [1.29, 1.82) is 0 Å². The molecule has 5 rings (SSSR count). The molecule has 0 saturated carbocycles. The van der Waals surface area contributed by atoms with E-state index in [1.165, 1.54) is 0 Å². The molecule has 0 amide bonds. The van der Waals surface area contributed by atoms with E-state index < -0.39 is 11.2 Å². The molecule has 0 spiro atoms. The molecular weight excluding hydrogens is 471 g/mol. The Bertz CT molecular complexity index is 1410. The van der Waals surface area contributed by atoms with Crippen molar-refractivity contribution in [2.75, 3.05) is 0 Å². The van der Waals surface area contributed by atoms with E-state index in [2.05, 4.69) is 0 Å². The van der Waals surface area contributed by atoms with E-state index in [-0.39, 0.29) is 0 Å². The van der Waals surface area contributed by atoms with E-state index in [4.69, 9.17) is 25.7 Å². The Morgan fingerprint density at radius 2 is 1.33 bits per heavy atom. The Hall–Kier alpha value is -3.25. The molecule has 1 heterocycles. The van der Waals surface area contributed by atoms with Gasteiger partial charge in [-0.1, -0.05) is 72.3 Å². The molecule has 0 fully saturated rings. The Morgan fingerprint density at radius 1 is 0.722 bits per heavy atom. The Balaban J connectivity index is 1.54. The van der Waals surface area contributed by atoms with Crippen molar-refractivity contribution in [3.63, 3.8) is 0 Å². The minimum atomic E-state index is -1.01. The fourth-order valence-electron chi connectivity index (χ4n) is 4.01. The predicted octanol–water partition coefficient (Wildman–Crippen LogP) is 7.11. The number of fused-ring (bicyclic) bond motifs is 2.